The van der Waals surface area contributed by atoms with Crippen LogP contribution in [-0.4, -0.2) is 33.6 Å². The lowest BCUT2D eigenvalue weighted by atomic mass is 10.2. The molecule has 0 radical (unpaired) electrons. The molecule has 6 heteroatoms. The van der Waals surface area contributed by atoms with E-state index in [4.69, 9.17) is 9.47 Å². The third-order valence-electron chi connectivity index (χ3n) is 3.19. The first-order valence-corrected chi connectivity index (χ1v) is 6.02. The van der Waals surface area contributed by atoms with Crippen LogP contribution in [0.1, 0.15) is 25.5 Å². The number of fused-ring (bicyclic) bond motifs is 1. The molecular formula is C12H15N3O3. The highest BCUT2D eigenvalue weighted by Gasteiger charge is 2.21. The van der Waals surface area contributed by atoms with Crippen molar-refractivity contribution < 1.29 is 14.6 Å². The molecule has 3 rings (SSSR count). The molecule has 2 aromatic heterocycles. The Morgan fingerprint density at radius 2 is 2.33 bits per heavy atom. The van der Waals surface area contributed by atoms with Crippen LogP contribution in [0.15, 0.2) is 12.4 Å². The van der Waals surface area contributed by atoms with E-state index >= 15 is 0 Å². The van der Waals surface area contributed by atoms with E-state index in [2.05, 4.69) is 10.1 Å². The SMILES string of the molecule is COc1c(O)cnc2c1cnn2C1CCCCO1. The first-order chi connectivity index (χ1) is 8.81. The zero-order valence-corrected chi connectivity index (χ0v) is 10.2. The number of aromatic hydroxyl groups is 1. The van der Waals surface area contributed by atoms with Crippen molar-refractivity contribution in [2.45, 2.75) is 25.5 Å². The summed E-state index contributed by atoms with van der Waals surface area (Å²) >= 11 is 0. The van der Waals surface area contributed by atoms with E-state index in [1.165, 1.54) is 13.3 Å². The minimum absolute atomic E-state index is 0.0223. The van der Waals surface area contributed by atoms with Crippen molar-refractivity contribution in [3.8, 4) is 11.5 Å². The molecule has 0 amide bonds. The summed E-state index contributed by atoms with van der Waals surface area (Å²) in [6.07, 6.45) is 6.11. The second-order valence-corrected chi connectivity index (χ2v) is 4.32. The predicted molar refractivity (Wildman–Crippen MR) is 64.6 cm³/mol. The van der Waals surface area contributed by atoms with E-state index < -0.39 is 0 Å². The third kappa shape index (κ3) is 1.69. The summed E-state index contributed by atoms with van der Waals surface area (Å²) in [7, 11) is 1.52. The van der Waals surface area contributed by atoms with Gasteiger partial charge in [-0.25, -0.2) is 9.67 Å². The van der Waals surface area contributed by atoms with E-state index in [1.807, 2.05) is 0 Å². The van der Waals surface area contributed by atoms with E-state index in [1.54, 1.807) is 10.9 Å². The Hall–Kier alpha value is -1.82. The molecule has 96 valence electrons. The fraction of sp³-hybridized carbons (Fsp3) is 0.500. The Balaban J connectivity index is 2.08. The topological polar surface area (TPSA) is 69.4 Å². The van der Waals surface area contributed by atoms with Gasteiger partial charge in [0.15, 0.2) is 23.4 Å². The summed E-state index contributed by atoms with van der Waals surface area (Å²) in [4.78, 5) is 4.21. The lowest BCUT2D eigenvalue weighted by molar-refractivity contribution is -0.0370. The van der Waals surface area contributed by atoms with Crippen molar-refractivity contribution in [3.63, 3.8) is 0 Å². The van der Waals surface area contributed by atoms with Gasteiger partial charge in [-0.15, -0.1) is 0 Å². The molecule has 2 aromatic rings. The average Bonchev–Trinajstić information content (AvgIpc) is 2.83. The minimum Gasteiger partial charge on any atom is -0.503 e. The quantitative estimate of drug-likeness (QED) is 0.879. The minimum atomic E-state index is -0.0713. The van der Waals surface area contributed by atoms with Gasteiger partial charge in [0.05, 0.1) is 24.9 Å². The standard InChI is InChI=1S/C12H15N3O3/c1-17-11-8-6-14-15(10-4-2-3-5-18-10)12(8)13-7-9(11)16/h6-7,10,16H,2-5H2,1H3. The van der Waals surface area contributed by atoms with Crippen molar-refractivity contribution in [1.29, 1.82) is 0 Å². The van der Waals surface area contributed by atoms with Gasteiger partial charge in [0.1, 0.15) is 0 Å². The second-order valence-electron chi connectivity index (χ2n) is 4.32. The van der Waals surface area contributed by atoms with Gasteiger partial charge in [0.2, 0.25) is 0 Å². The molecule has 1 atom stereocenters. The van der Waals surface area contributed by atoms with E-state index in [0.717, 1.165) is 25.9 Å². The molecule has 1 N–H and O–H groups in total. The summed E-state index contributed by atoms with van der Waals surface area (Å²) in [6.45, 7) is 0.751. The average molecular weight is 249 g/mol. The number of hydrogen-bond acceptors (Lipinski definition) is 5. The molecule has 0 saturated carbocycles. The number of hydrogen-bond donors (Lipinski definition) is 1. The Kier molecular flexibility index (Phi) is 2.79. The number of ether oxygens (including phenoxy) is 2. The largest absolute Gasteiger partial charge is 0.503 e. The van der Waals surface area contributed by atoms with Crippen LogP contribution in [0, 0.1) is 0 Å². The van der Waals surface area contributed by atoms with Crippen LogP contribution < -0.4 is 4.74 Å². The number of rotatable bonds is 2. The molecule has 0 bridgehead atoms. The van der Waals surface area contributed by atoms with Crippen LogP contribution in [0.3, 0.4) is 0 Å². The molecule has 3 heterocycles. The van der Waals surface area contributed by atoms with Crippen molar-refractivity contribution in [2.75, 3.05) is 13.7 Å². The third-order valence-corrected chi connectivity index (χ3v) is 3.19. The zero-order chi connectivity index (χ0) is 12.5. The van der Waals surface area contributed by atoms with E-state index in [-0.39, 0.29) is 12.0 Å². The smallest absolute Gasteiger partial charge is 0.177 e. The molecule has 18 heavy (non-hydrogen) atoms. The Labute approximate surface area is 104 Å². The van der Waals surface area contributed by atoms with Gasteiger partial charge >= 0.3 is 0 Å². The monoisotopic (exact) mass is 249 g/mol. The molecule has 1 saturated heterocycles. The Morgan fingerprint density at radius 1 is 1.44 bits per heavy atom. The maximum Gasteiger partial charge on any atom is 0.177 e. The summed E-state index contributed by atoms with van der Waals surface area (Å²) in [5, 5.41) is 14.7. The van der Waals surface area contributed by atoms with Gasteiger partial charge in [0.25, 0.3) is 0 Å². The van der Waals surface area contributed by atoms with Crippen molar-refractivity contribution in [1.82, 2.24) is 14.8 Å². The van der Waals surface area contributed by atoms with Gasteiger partial charge in [0, 0.05) is 6.61 Å². The molecule has 0 aromatic carbocycles. The van der Waals surface area contributed by atoms with Crippen LogP contribution in [0.25, 0.3) is 11.0 Å². The van der Waals surface area contributed by atoms with Crippen LogP contribution in [0.4, 0.5) is 0 Å². The van der Waals surface area contributed by atoms with E-state index in [0.29, 0.717) is 16.8 Å². The fourth-order valence-corrected chi connectivity index (χ4v) is 2.31. The van der Waals surface area contributed by atoms with E-state index in [9.17, 15) is 5.11 Å². The normalized spacial score (nSPS) is 20.2. The van der Waals surface area contributed by atoms with Gasteiger partial charge in [-0.05, 0) is 19.3 Å². The van der Waals surface area contributed by atoms with Gasteiger partial charge in [-0.2, -0.15) is 5.10 Å². The van der Waals surface area contributed by atoms with Crippen LogP contribution in [0.5, 0.6) is 11.5 Å². The van der Waals surface area contributed by atoms with Gasteiger partial charge in [-0.1, -0.05) is 0 Å². The molecule has 1 aliphatic heterocycles. The molecule has 1 fully saturated rings. The zero-order valence-electron chi connectivity index (χ0n) is 10.2. The van der Waals surface area contributed by atoms with Gasteiger partial charge < -0.3 is 14.6 Å². The highest BCUT2D eigenvalue weighted by molar-refractivity contribution is 5.84. The van der Waals surface area contributed by atoms with Crippen LogP contribution in [0.2, 0.25) is 0 Å². The highest BCUT2D eigenvalue weighted by Crippen LogP contribution is 2.34. The predicted octanol–water partition coefficient (Wildman–Crippen LogP) is 1.84. The summed E-state index contributed by atoms with van der Waals surface area (Å²) in [5.41, 5.74) is 0.677. The molecule has 6 nitrogen and oxygen atoms in total. The first kappa shape index (κ1) is 11.3. The summed E-state index contributed by atoms with van der Waals surface area (Å²) in [6, 6.07) is 0. The molecular weight excluding hydrogens is 234 g/mol. The first-order valence-electron chi connectivity index (χ1n) is 6.02. The molecule has 0 aliphatic carbocycles. The summed E-state index contributed by atoms with van der Waals surface area (Å²) < 4.78 is 12.6. The Morgan fingerprint density at radius 3 is 3.06 bits per heavy atom. The van der Waals surface area contributed by atoms with Gasteiger partial charge in [-0.3, -0.25) is 0 Å². The number of pyridine rings is 1. The highest BCUT2D eigenvalue weighted by atomic mass is 16.5. The van der Waals surface area contributed by atoms with Crippen molar-refractivity contribution >= 4 is 11.0 Å². The molecule has 1 aliphatic rings. The fourth-order valence-electron chi connectivity index (χ4n) is 2.31. The number of aromatic nitrogens is 3. The maximum absolute atomic E-state index is 9.67. The lowest BCUT2D eigenvalue weighted by Crippen LogP contribution is -2.19. The maximum atomic E-state index is 9.67. The lowest BCUT2D eigenvalue weighted by Gasteiger charge is -2.23. The van der Waals surface area contributed by atoms with Crippen molar-refractivity contribution in [2.24, 2.45) is 0 Å². The molecule has 1 unspecified atom stereocenters. The number of methoxy groups -OCH3 is 1. The summed E-state index contributed by atoms with van der Waals surface area (Å²) in [5.74, 6) is 0.427. The molecule has 0 spiro atoms. The van der Waals surface area contributed by atoms with Crippen molar-refractivity contribution in [3.05, 3.63) is 12.4 Å². The Bertz CT molecular complexity index is 561. The number of nitrogens with zero attached hydrogens (tertiary/aromatic N) is 3. The van der Waals surface area contributed by atoms with Crippen LogP contribution >= 0.6 is 0 Å². The van der Waals surface area contributed by atoms with Crippen LogP contribution in [-0.2, 0) is 4.74 Å². The second kappa shape index (κ2) is 4.45.